The molecule has 0 radical (unpaired) electrons. The largest absolute Gasteiger partial charge is 0.293 e. The minimum absolute atomic E-state index is 0.399. The van der Waals surface area contributed by atoms with E-state index in [1.807, 2.05) is 31.2 Å². The third kappa shape index (κ3) is 3.24. The van der Waals surface area contributed by atoms with Crippen LogP contribution in [0.4, 0.5) is 0 Å². The summed E-state index contributed by atoms with van der Waals surface area (Å²) in [5, 5.41) is 0. The average molecular weight is 339 g/mol. The Morgan fingerprint density at radius 2 is 1.96 bits per heavy atom. The monoisotopic (exact) mass is 339 g/mol. The first-order valence-corrected chi connectivity index (χ1v) is 9.26. The Hall–Kier alpha value is -1.68. The van der Waals surface area contributed by atoms with Gasteiger partial charge in [-0.25, -0.2) is 9.78 Å². The van der Waals surface area contributed by atoms with E-state index in [2.05, 4.69) is 31.7 Å². The zero-order chi connectivity index (χ0) is 17.9. The van der Waals surface area contributed by atoms with Crippen molar-refractivity contribution in [3.63, 3.8) is 0 Å². The van der Waals surface area contributed by atoms with E-state index in [1.54, 1.807) is 0 Å². The van der Waals surface area contributed by atoms with Crippen molar-refractivity contribution in [2.75, 3.05) is 0 Å². The first-order chi connectivity index (χ1) is 12.1. The fraction of sp³-hybridized carbons (Fsp3) is 0.455. The molecular weight excluding hydrogens is 310 g/mol. The van der Waals surface area contributed by atoms with Gasteiger partial charge in [-0.2, -0.15) is 0 Å². The number of hydrogen-bond donors (Lipinski definition) is 1. The lowest BCUT2D eigenvalue weighted by Gasteiger charge is -2.47. The molecule has 0 saturated heterocycles. The second kappa shape index (κ2) is 7.28. The van der Waals surface area contributed by atoms with Crippen molar-refractivity contribution in [1.82, 2.24) is 0 Å². The molecule has 134 valence electrons. The third-order valence-electron chi connectivity index (χ3n) is 5.47. The summed E-state index contributed by atoms with van der Waals surface area (Å²) in [7, 11) is 0. The van der Waals surface area contributed by atoms with E-state index in [4.69, 9.17) is 15.5 Å². The zero-order valence-corrected chi connectivity index (χ0v) is 15.4. The van der Waals surface area contributed by atoms with Gasteiger partial charge >= 0.3 is 0 Å². The molecule has 3 nitrogen and oxygen atoms in total. The molecule has 0 amide bonds. The van der Waals surface area contributed by atoms with Crippen molar-refractivity contribution in [3.8, 4) is 0 Å². The van der Waals surface area contributed by atoms with Crippen LogP contribution in [0, 0.1) is 6.92 Å². The maximum Gasteiger partial charge on any atom is 0.200 e. The Kier molecular flexibility index (Phi) is 5.28. The highest BCUT2D eigenvalue weighted by molar-refractivity contribution is 5.45. The number of allylic oxidation sites excluding steroid dienone is 2. The molecule has 0 bridgehead atoms. The minimum Gasteiger partial charge on any atom is -0.293 e. The van der Waals surface area contributed by atoms with E-state index in [0.29, 0.717) is 0 Å². The molecule has 2 N–H and O–H groups in total. The van der Waals surface area contributed by atoms with Crippen molar-refractivity contribution in [1.29, 1.82) is 0 Å². The van der Waals surface area contributed by atoms with Crippen molar-refractivity contribution in [2.24, 2.45) is 5.73 Å². The van der Waals surface area contributed by atoms with Crippen LogP contribution in [0.1, 0.15) is 56.6 Å². The molecule has 1 aromatic rings. The Morgan fingerprint density at radius 1 is 1.20 bits per heavy atom. The van der Waals surface area contributed by atoms with Gasteiger partial charge in [0.15, 0.2) is 5.72 Å². The van der Waals surface area contributed by atoms with Gasteiger partial charge in [0.1, 0.15) is 5.60 Å². The Balaban J connectivity index is 2.15. The summed E-state index contributed by atoms with van der Waals surface area (Å²) in [6.45, 7) is 8.18. The smallest absolute Gasteiger partial charge is 0.200 e. The number of benzene rings is 1. The Morgan fingerprint density at radius 3 is 2.60 bits per heavy atom. The van der Waals surface area contributed by atoms with E-state index in [-0.39, 0.29) is 0 Å². The maximum absolute atomic E-state index is 6.80. The lowest BCUT2D eigenvalue weighted by molar-refractivity contribution is -0.416. The predicted octanol–water partition coefficient (Wildman–Crippen LogP) is 5.22. The normalized spacial score (nSPS) is 26.4. The molecule has 1 fully saturated rings. The van der Waals surface area contributed by atoms with Gasteiger partial charge in [0.2, 0.25) is 0 Å². The van der Waals surface area contributed by atoms with Gasteiger partial charge in [-0.05, 0) is 44.3 Å². The highest BCUT2D eigenvalue weighted by Gasteiger charge is 2.49. The van der Waals surface area contributed by atoms with Gasteiger partial charge in [0, 0.05) is 5.56 Å². The summed E-state index contributed by atoms with van der Waals surface area (Å²) in [5.41, 5.74) is 9.55. The molecular formula is C22H29NO2. The fourth-order valence-electron chi connectivity index (χ4n) is 4.10. The van der Waals surface area contributed by atoms with Crippen molar-refractivity contribution in [3.05, 3.63) is 71.3 Å². The number of nitrogens with two attached hydrogens (primary N) is 1. The second-order valence-electron chi connectivity index (χ2n) is 7.20. The Bertz CT molecular complexity index is 698. The number of aryl methyl sites for hydroxylation is 1. The number of rotatable bonds is 4. The van der Waals surface area contributed by atoms with E-state index in [0.717, 1.165) is 54.4 Å². The lowest BCUT2D eigenvalue weighted by atomic mass is 9.73. The second-order valence-corrected chi connectivity index (χ2v) is 7.20. The van der Waals surface area contributed by atoms with Crippen LogP contribution >= 0.6 is 0 Å². The molecule has 1 aromatic carbocycles. The van der Waals surface area contributed by atoms with Crippen LogP contribution in [0.25, 0.3) is 0 Å². The lowest BCUT2D eigenvalue weighted by Crippen LogP contribution is -2.52. The summed E-state index contributed by atoms with van der Waals surface area (Å²) >= 11 is 0. The van der Waals surface area contributed by atoms with Crippen molar-refractivity contribution >= 4 is 0 Å². The van der Waals surface area contributed by atoms with Crippen molar-refractivity contribution in [2.45, 2.75) is 63.7 Å². The average Bonchev–Trinajstić information content (AvgIpc) is 2.63. The summed E-state index contributed by atoms with van der Waals surface area (Å²) < 4.78 is 0. The topological polar surface area (TPSA) is 44.5 Å². The molecule has 3 heteroatoms. The maximum atomic E-state index is 6.80. The van der Waals surface area contributed by atoms with Gasteiger partial charge in [-0.1, -0.05) is 73.9 Å². The van der Waals surface area contributed by atoms with Crippen molar-refractivity contribution < 1.29 is 9.78 Å². The molecule has 1 unspecified atom stereocenters. The molecule has 1 aliphatic heterocycles. The van der Waals surface area contributed by atoms with Gasteiger partial charge in [0.25, 0.3) is 0 Å². The highest BCUT2D eigenvalue weighted by atomic mass is 17.2. The quantitative estimate of drug-likeness (QED) is 0.604. The van der Waals surface area contributed by atoms with E-state index < -0.39 is 11.3 Å². The van der Waals surface area contributed by atoms with Gasteiger partial charge < -0.3 is 0 Å². The first-order valence-electron chi connectivity index (χ1n) is 9.26. The number of hydrogen-bond acceptors (Lipinski definition) is 3. The van der Waals surface area contributed by atoms with Crippen LogP contribution in [0.3, 0.4) is 0 Å². The molecule has 1 aliphatic carbocycles. The molecule has 1 saturated carbocycles. The summed E-state index contributed by atoms with van der Waals surface area (Å²) in [6.07, 6.45) is 12.3. The van der Waals surface area contributed by atoms with Crippen LogP contribution in [-0.2, 0) is 15.5 Å². The minimum atomic E-state index is -1.09. The van der Waals surface area contributed by atoms with Crippen LogP contribution in [0.15, 0.2) is 60.2 Å². The molecule has 25 heavy (non-hydrogen) atoms. The third-order valence-corrected chi connectivity index (χ3v) is 5.47. The molecule has 3 rings (SSSR count). The molecule has 2 aliphatic rings. The SMILES string of the molecule is C=CC1=C(C/C=C\C)C(N)(c2cccc(C)c2)OOC12CCCCC2. The van der Waals surface area contributed by atoms with Crippen LogP contribution in [0.2, 0.25) is 0 Å². The van der Waals surface area contributed by atoms with E-state index in [9.17, 15) is 0 Å². The van der Waals surface area contributed by atoms with Gasteiger partial charge in [0.05, 0.1) is 0 Å². The zero-order valence-electron chi connectivity index (χ0n) is 15.4. The van der Waals surface area contributed by atoms with Crippen LogP contribution in [0.5, 0.6) is 0 Å². The standard InChI is InChI=1S/C22H29NO2/c1-4-6-13-20-19(5-2)21(14-8-7-9-15-21)24-25-22(20,23)18-12-10-11-17(3)16-18/h4-6,10-12,16H,2,7-9,13-15,23H2,1,3H3/b6-4-. The molecule has 1 heterocycles. The predicted molar refractivity (Wildman–Crippen MR) is 102 cm³/mol. The summed E-state index contributed by atoms with van der Waals surface area (Å²) in [5.74, 6) is 0. The molecule has 0 aromatic heterocycles. The van der Waals surface area contributed by atoms with Gasteiger partial charge in [-0.15, -0.1) is 0 Å². The van der Waals surface area contributed by atoms with Gasteiger partial charge in [-0.3, -0.25) is 5.73 Å². The first kappa shape index (κ1) is 18.1. The fourth-order valence-corrected chi connectivity index (χ4v) is 4.10. The highest BCUT2D eigenvalue weighted by Crippen LogP contribution is 2.49. The van der Waals surface area contributed by atoms with Crippen LogP contribution in [-0.4, -0.2) is 5.60 Å². The molecule has 1 atom stereocenters. The van der Waals surface area contributed by atoms with Crippen LogP contribution < -0.4 is 5.73 Å². The van der Waals surface area contributed by atoms with E-state index in [1.165, 1.54) is 6.42 Å². The molecule has 1 spiro atoms. The summed E-state index contributed by atoms with van der Waals surface area (Å²) in [6, 6.07) is 8.14. The summed E-state index contributed by atoms with van der Waals surface area (Å²) in [4.78, 5) is 12.0. The van der Waals surface area contributed by atoms with E-state index >= 15 is 0 Å². The Labute approximate surface area is 151 Å².